The summed E-state index contributed by atoms with van der Waals surface area (Å²) in [6.07, 6.45) is -1.06. The van der Waals surface area contributed by atoms with Crippen LogP contribution in [0, 0.1) is 10.1 Å². The van der Waals surface area contributed by atoms with Crippen molar-refractivity contribution >= 4 is 17.7 Å². The number of aliphatic carboxylic acids is 1. The van der Waals surface area contributed by atoms with Gasteiger partial charge in [0.1, 0.15) is 19.3 Å². The Morgan fingerprint density at radius 1 is 0.875 bits per heavy atom. The number of benzene rings is 4. The molecule has 5 rings (SSSR count). The molecule has 40 heavy (non-hydrogen) atoms. The van der Waals surface area contributed by atoms with Crippen molar-refractivity contribution < 1.29 is 29.1 Å². The summed E-state index contributed by atoms with van der Waals surface area (Å²) in [6.45, 7) is 0.174. The molecular weight excluding hydrogens is 512 g/mol. The highest BCUT2D eigenvalue weighted by Crippen LogP contribution is 2.44. The van der Waals surface area contributed by atoms with Gasteiger partial charge in [-0.1, -0.05) is 84.9 Å². The molecule has 0 aromatic heterocycles. The summed E-state index contributed by atoms with van der Waals surface area (Å²) in [6, 6.07) is 27.9. The highest BCUT2D eigenvalue weighted by molar-refractivity contribution is 5.81. The second-order valence-electron chi connectivity index (χ2n) is 9.40. The number of carboxylic acid groups (broad SMARTS) is 1. The van der Waals surface area contributed by atoms with Crippen LogP contribution < -0.4 is 10.1 Å². The van der Waals surface area contributed by atoms with Crippen molar-refractivity contribution in [3.8, 4) is 16.9 Å². The summed E-state index contributed by atoms with van der Waals surface area (Å²) in [5.41, 5.74) is 5.13. The lowest BCUT2D eigenvalue weighted by Crippen LogP contribution is -2.42. The first-order valence-corrected chi connectivity index (χ1v) is 12.7. The lowest BCUT2D eigenvalue weighted by atomic mass is 9.98. The molecular formula is C31H26N2O7. The molecule has 9 heteroatoms. The van der Waals surface area contributed by atoms with Gasteiger partial charge in [0, 0.05) is 18.4 Å². The molecule has 0 spiro atoms. The number of fused-ring (bicyclic) bond motifs is 3. The van der Waals surface area contributed by atoms with Gasteiger partial charge in [-0.2, -0.15) is 0 Å². The topological polar surface area (TPSA) is 128 Å². The summed E-state index contributed by atoms with van der Waals surface area (Å²) < 4.78 is 11.1. The van der Waals surface area contributed by atoms with Gasteiger partial charge in [0.15, 0.2) is 5.75 Å². The Morgan fingerprint density at radius 3 is 2.12 bits per heavy atom. The first-order valence-electron chi connectivity index (χ1n) is 12.7. The number of alkyl carbamates (subject to hydrolysis) is 1. The third-order valence-electron chi connectivity index (χ3n) is 6.83. The molecule has 202 valence electrons. The molecule has 0 saturated heterocycles. The van der Waals surface area contributed by atoms with Crippen molar-refractivity contribution in [1.29, 1.82) is 0 Å². The Morgan fingerprint density at radius 2 is 1.50 bits per heavy atom. The van der Waals surface area contributed by atoms with E-state index in [1.54, 1.807) is 6.07 Å². The second-order valence-corrected chi connectivity index (χ2v) is 9.40. The molecule has 0 aliphatic heterocycles. The van der Waals surface area contributed by atoms with Gasteiger partial charge in [-0.25, -0.2) is 9.59 Å². The number of nitrogens with zero attached hydrogens (tertiary/aromatic N) is 1. The molecule has 4 aromatic carbocycles. The third kappa shape index (κ3) is 5.78. The zero-order valence-corrected chi connectivity index (χ0v) is 21.4. The van der Waals surface area contributed by atoms with Gasteiger partial charge in [-0.05, 0) is 39.4 Å². The summed E-state index contributed by atoms with van der Waals surface area (Å²) in [4.78, 5) is 35.7. The van der Waals surface area contributed by atoms with Crippen LogP contribution in [0.2, 0.25) is 0 Å². The fourth-order valence-corrected chi connectivity index (χ4v) is 4.91. The van der Waals surface area contributed by atoms with Gasteiger partial charge in [0.2, 0.25) is 0 Å². The van der Waals surface area contributed by atoms with E-state index in [1.807, 2.05) is 78.9 Å². The Balaban J connectivity index is 1.24. The van der Waals surface area contributed by atoms with E-state index in [2.05, 4.69) is 5.32 Å². The maximum absolute atomic E-state index is 12.7. The quantitative estimate of drug-likeness (QED) is 0.196. The molecule has 1 aliphatic rings. The molecule has 4 aromatic rings. The van der Waals surface area contributed by atoms with E-state index < -0.39 is 23.0 Å². The number of hydrogen-bond acceptors (Lipinski definition) is 6. The maximum Gasteiger partial charge on any atom is 0.407 e. The third-order valence-corrected chi connectivity index (χ3v) is 6.83. The van der Waals surface area contributed by atoms with Gasteiger partial charge >= 0.3 is 17.7 Å². The van der Waals surface area contributed by atoms with Gasteiger partial charge in [-0.3, -0.25) is 10.1 Å². The number of carboxylic acids is 1. The molecule has 0 bridgehead atoms. The van der Waals surface area contributed by atoms with Crippen molar-refractivity contribution in [2.45, 2.75) is 25.0 Å². The van der Waals surface area contributed by atoms with Crippen LogP contribution in [0.25, 0.3) is 11.1 Å². The van der Waals surface area contributed by atoms with Crippen LogP contribution in [0.4, 0.5) is 10.5 Å². The van der Waals surface area contributed by atoms with E-state index in [0.29, 0.717) is 5.56 Å². The SMILES string of the molecule is O=C(N[C@H](Cc1ccc(OCc2ccccc2)c([N+](=O)[O-])c1)C(=O)O)OCC1c2ccccc2-c2ccccc21. The number of ether oxygens (including phenoxy) is 2. The van der Waals surface area contributed by atoms with Crippen LogP contribution in [0.3, 0.4) is 0 Å². The van der Waals surface area contributed by atoms with Crippen LogP contribution in [0.5, 0.6) is 5.75 Å². The summed E-state index contributed by atoms with van der Waals surface area (Å²) in [5, 5.41) is 23.8. The fraction of sp³-hybridized carbons (Fsp3) is 0.161. The Kier molecular flexibility index (Phi) is 7.72. The zero-order valence-electron chi connectivity index (χ0n) is 21.4. The fourth-order valence-electron chi connectivity index (χ4n) is 4.91. The van der Waals surface area contributed by atoms with Crippen molar-refractivity contribution in [2.75, 3.05) is 6.61 Å². The van der Waals surface area contributed by atoms with Gasteiger partial charge in [0.05, 0.1) is 4.92 Å². The molecule has 1 atom stereocenters. The molecule has 1 aliphatic carbocycles. The number of nitrogens with one attached hydrogen (secondary N) is 1. The summed E-state index contributed by atoms with van der Waals surface area (Å²) in [5.74, 6) is -1.40. The van der Waals surface area contributed by atoms with E-state index in [-0.39, 0.29) is 37.0 Å². The first-order chi connectivity index (χ1) is 19.4. The van der Waals surface area contributed by atoms with Crippen molar-refractivity contribution in [3.05, 3.63) is 129 Å². The first kappa shape index (κ1) is 26.4. The second kappa shape index (κ2) is 11.7. The lowest BCUT2D eigenvalue weighted by molar-refractivity contribution is -0.386. The van der Waals surface area contributed by atoms with E-state index in [1.165, 1.54) is 12.1 Å². The standard InChI is InChI=1S/C31H26N2O7/c34-30(35)27(16-21-14-15-29(28(17-21)33(37)38)39-18-20-8-2-1-3-9-20)32-31(36)40-19-26-24-12-6-4-10-22(24)23-11-5-7-13-25(23)26/h1-15,17,26-27H,16,18-19H2,(H,32,36)(H,34,35)/t27-/m1/s1. The van der Waals surface area contributed by atoms with Crippen LogP contribution in [-0.4, -0.2) is 34.7 Å². The number of hydrogen-bond donors (Lipinski definition) is 2. The Hall–Kier alpha value is -5.18. The minimum absolute atomic E-state index is 0.0329. The molecule has 1 amide bonds. The molecule has 0 heterocycles. The normalized spacial score (nSPS) is 12.6. The highest BCUT2D eigenvalue weighted by atomic mass is 16.6. The lowest BCUT2D eigenvalue weighted by Gasteiger charge is -2.18. The van der Waals surface area contributed by atoms with Gasteiger partial charge < -0.3 is 19.9 Å². The highest BCUT2D eigenvalue weighted by Gasteiger charge is 2.30. The number of carbonyl (C=O) groups excluding carboxylic acids is 1. The molecule has 0 unspecified atom stereocenters. The molecule has 0 saturated carbocycles. The predicted molar refractivity (Wildman–Crippen MR) is 147 cm³/mol. The summed E-state index contributed by atoms with van der Waals surface area (Å²) >= 11 is 0. The predicted octanol–water partition coefficient (Wildman–Crippen LogP) is 5.71. The average Bonchev–Trinajstić information content (AvgIpc) is 3.29. The number of nitro benzene ring substituents is 1. The molecule has 0 radical (unpaired) electrons. The van der Waals surface area contributed by atoms with Gasteiger partial charge in [0.25, 0.3) is 0 Å². The minimum atomic E-state index is -1.36. The van der Waals surface area contributed by atoms with Crippen molar-refractivity contribution in [1.82, 2.24) is 5.32 Å². The van der Waals surface area contributed by atoms with E-state index in [0.717, 1.165) is 27.8 Å². The van der Waals surface area contributed by atoms with Crippen molar-refractivity contribution in [3.63, 3.8) is 0 Å². The number of amides is 1. The van der Waals surface area contributed by atoms with E-state index >= 15 is 0 Å². The maximum atomic E-state index is 12.7. The van der Waals surface area contributed by atoms with Crippen LogP contribution in [0.15, 0.2) is 97.1 Å². The van der Waals surface area contributed by atoms with Crippen LogP contribution in [-0.2, 0) is 22.6 Å². The van der Waals surface area contributed by atoms with E-state index in [9.17, 15) is 24.8 Å². The number of rotatable bonds is 10. The monoisotopic (exact) mass is 538 g/mol. The summed E-state index contributed by atoms with van der Waals surface area (Å²) in [7, 11) is 0. The van der Waals surface area contributed by atoms with E-state index in [4.69, 9.17) is 9.47 Å². The molecule has 2 N–H and O–H groups in total. The molecule has 9 nitrogen and oxygen atoms in total. The molecule has 0 fully saturated rings. The van der Waals surface area contributed by atoms with Crippen LogP contribution in [0.1, 0.15) is 28.2 Å². The van der Waals surface area contributed by atoms with Gasteiger partial charge in [-0.15, -0.1) is 0 Å². The Bertz CT molecular complexity index is 1510. The largest absolute Gasteiger partial charge is 0.482 e. The van der Waals surface area contributed by atoms with Crippen LogP contribution >= 0.6 is 0 Å². The number of nitro groups is 1. The average molecular weight is 539 g/mol. The van der Waals surface area contributed by atoms with Crippen molar-refractivity contribution in [2.24, 2.45) is 0 Å². The smallest absolute Gasteiger partial charge is 0.407 e. The minimum Gasteiger partial charge on any atom is -0.482 e. The number of carbonyl (C=O) groups is 2. The zero-order chi connectivity index (χ0) is 28.1. The Labute approximate surface area is 230 Å².